The number of aryl methyl sites for hydroxylation is 1. The standard InChI is InChI=1S/C27H26N4O3/c1-2-3-7-16-31-24(29-26(30-31)25(32)21-8-5-4-6-9-21)17-19-10-12-20(13-11-19)22-14-15-28-18-23(22)27(33)34/h4-6,8-15,18H,2-3,7,16-17H2,1H3,(H,33,34). The van der Waals surface area contributed by atoms with Crippen LogP contribution in [-0.2, 0) is 13.0 Å². The third-order valence-electron chi connectivity index (χ3n) is 5.64. The normalized spacial score (nSPS) is 10.9. The lowest BCUT2D eigenvalue weighted by molar-refractivity contribution is 0.0697. The Balaban J connectivity index is 1.59. The first-order chi connectivity index (χ1) is 16.6. The van der Waals surface area contributed by atoms with Gasteiger partial charge in [0.2, 0.25) is 11.6 Å². The van der Waals surface area contributed by atoms with Crippen LogP contribution in [0.5, 0.6) is 0 Å². The van der Waals surface area contributed by atoms with Gasteiger partial charge < -0.3 is 5.11 Å². The molecule has 4 rings (SSSR count). The number of ketones is 1. The number of benzene rings is 2. The Morgan fingerprint density at radius 2 is 1.74 bits per heavy atom. The fourth-order valence-electron chi connectivity index (χ4n) is 3.81. The molecule has 7 nitrogen and oxygen atoms in total. The molecule has 2 aromatic carbocycles. The Morgan fingerprint density at radius 1 is 0.971 bits per heavy atom. The van der Waals surface area contributed by atoms with E-state index >= 15 is 0 Å². The van der Waals surface area contributed by atoms with Gasteiger partial charge in [-0.1, -0.05) is 74.4 Å². The highest BCUT2D eigenvalue weighted by Crippen LogP contribution is 2.24. The topological polar surface area (TPSA) is 98.0 Å². The molecule has 0 bridgehead atoms. The molecule has 4 aromatic rings. The first kappa shape index (κ1) is 23.0. The summed E-state index contributed by atoms with van der Waals surface area (Å²) in [4.78, 5) is 32.9. The largest absolute Gasteiger partial charge is 0.478 e. The maximum Gasteiger partial charge on any atom is 0.337 e. The van der Waals surface area contributed by atoms with Gasteiger partial charge in [0.25, 0.3) is 0 Å². The van der Waals surface area contributed by atoms with E-state index in [0.29, 0.717) is 24.1 Å². The quantitative estimate of drug-likeness (QED) is 0.266. The van der Waals surface area contributed by atoms with Crippen molar-refractivity contribution < 1.29 is 14.7 Å². The van der Waals surface area contributed by atoms with Gasteiger partial charge in [0.15, 0.2) is 0 Å². The highest BCUT2D eigenvalue weighted by molar-refractivity contribution is 6.06. The van der Waals surface area contributed by atoms with Crippen molar-refractivity contribution in [3.63, 3.8) is 0 Å². The number of aromatic nitrogens is 4. The van der Waals surface area contributed by atoms with Crippen molar-refractivity contribution in [2.24, 2.45) is 0 Å². The van der Waals surface area contributed by atoms with Crippen molar-refractivity contribution in [3.8, 4) is 11.1 Å². The van der Waals surface area contributed by atoms with Crippen LogP contribution in [0.3, 0.4) is 0 Å². The zero-order valence-corrected chi connectivity index (χ0v) is 19.0. The van der Waals surface area contributed by atoms with Crippen LogP contribution in [0.25, 0.3) is 11.1 Å². The summed E-state index contributed by atoms with van der Waals surface area (Å²) >= 11 is 0. The minimum Gasteiger partial charge on any atom is -0.478 e. The second kappa shape index (κ2) is 10.7. The second-order valence-corrected chi connectivity index (χ2v) is 8.08. The lowest BCUT2D eigenvalue weighted by atomic mass is 10.00. The fourth-order valence-corrected chi connectivity index (χ4v) is 3.81. The first-order valence-corrected chi connectivity index (χ1v) is 11.4. The molecule has 7 heteroatoms. The molecule has 0 amide bonds. The zero-order chi connectivity index (χ0) is 23.9. The second-order valence-electron chi connectivity index (χ2n) is 8.08. The highest BCUT2D eigenvalue weighted by Gasteiger charge is 2.18. The number of rotatable bonds is 10. The van der Waals surface area contributed by atoms with E-state index in [1.54, 1.807) is 24.4 Å². The van der Waals surface area contributed by atoms with Gasteiger partial charge in [0, 0.05) is 30.9 Å². The number of pyridine rings is 1. The minimum atomic E-state index is -1.01. The van der Waals surface area contributed by atoms with E-state index in [1.165, 1.54) is 6.20 Å². The summed E-state index contributed by atoms with van der Waals surface area (Å²) in [5.41, 5.74) is 3.14. The number of carboxylic acids is 1. The number of carbonyl (C=O) groups excluding carboxylic acids is 1. The third kappa shape index (κ3) is 5.26. The minimum absolute atomic E-state index is 0.162. The Bertz CT molecular complexity index is 1280. The van der Waals surface area contributed by atoms with E-state index in [9.17, 15) is 14.7 Å². The van der Waals surface area contributed by atoms with Gasteiger partial charge in [-0.15, -0.1) is 5.10 Å². The van der Waals surface area contributed by atoms with Crippen LogP contribution in [0.1, 0.15) is 64.1 Å². The summed E-state index contributed by atoms with van der Waals surface area (Å²) in [6.07, 6.45) is 6.59. The van der Waals surface area contributed by atoms with Crippen molar-refractivity contribution in [2.45, 2.75) is 39.2 Å². The van der Waals surface area contributed by atoms with E-state index in [4.69, 9.17) is 0 Å². The molecule has 1 N–H and O–H groups in total. The fraction of sp³-hybridized carbons (Fsp3) is 0.222. The van der Waals surface area contributed by atoms with Crippen LogP contribution >= 0.6 is 0 Å². The smallest absolute Gasteiger partial charge is 0.337 e. The maximum atomic E-state index is 12.9. The number of carboxylic acid groups (broad SMARTS) is 1. The Kier molecular flexibility index (Phi) is 7.22. The van der Waals surface area contributed by atoms with Gasteiger partial charge in [-0.05, 0) is 29.2 Å². The molecule has 0 spiro atoms. The van der Waals surface area contributed by atoms with Crippen LogP contribution < -0.4 is 0 Å². The van der Waals surface area contributed by atoms with E-state index in [2.05, 4.69) is 22.0 Å². The number of carbonyl (C=O) groups is 2. The molecule has 0 aliphatic rings. The summed E-state index contributed by atoms with van der Waals surface area (Å²) in [6, 6.07) is 18.4. The SMILES string of the molecule is CCCCCn1nc(C(=O)c2ccccc2)nc1Cc1ccc(-c2ccncc2C(=O)O)cc1. The van der Waals surface area contributed by atoms with E-state index in [1.807, 2.05) is 47.1 Å². The Labute approximate surface area is 198 Å². The molecule has 2 heterocycles. The van der Waals surface area contributed by atoms with E-state index < -0.39 is 5.97 Å². The molecule has 2 aromatic heterocycles. The van der Waals surface area contributed by atoms with Gasteiger partial charge >= 0.3 is 5.97 Å². The molecule has 0 fully saturated rings. The van der Waals surface area contributed by atoms with E-state index in [0.717, 1.165) is 36.2 Å². The monoisotopic (exact) mass is 454 g/mol. The molecule has 0 unspecified atom stereocenters. The summed E-state index contributed by atoms with van der Waals surface area (Å²) in [6.45, 7) is 2.85. The number of nitrogens with zero attached hydrogens (tertiary/aromatic N) is 4. The lowest BCUT2D eigenvalue weighted by Gasteiger charge is -2.08. The van der Waals surface area contributed by atoms with Crippen molar-refractivity contribution >= 4 is 11.8 Å². The van der Waals surface area contributed by atoms with Crippen LogP contribution in [0.4, 0.5) is 0 Å². The van der Waals surface area contributed by atoms with Gasteiger partial charge in [0.05, 0.1) is 5.56 Å². The average molecular weight is 455 g/mol. The van der Waals surface area contributed by atoms with Gasteiger partial charge in [-0.2, -0.15) is 0 Å². The number of aromatic carboxylic acids is 1. The van der Waals surface area contributed by atoms with Crippen molar-refractivity contribution in [2.75, 3.05) is 0 Å². The summed E-state index contributed by atoms with van der Waals surface area (Å²) in [5, 5.41) is 14.0. The molecule has 0 saturated heterocycles. The lowest BCUT2D eigenvalue weighted by Crippen LogP contribution is -2.07. The Hall–Kier alpha value is -4.13. The Morgan fingerprint density at radius 3 is 2.44 bits per heavy atom. The van der Waals surface area contributed by atoms with Gasteiger partial charge in [-0.3, -0.25) is 9.78 Å². The van der Waals surface area contributed by atoms with Crippen molar-refractivity contribution in [1.82, 2.24) is 19.7 Å². The van der Waals surface area contributed by atoms with Crippen molar-refractivity contribution in [3.05, 3.63) is 101 Å². The van der Waals surface area contributed by atoms with Crippen LogP contribution in [-0.4, -0.2) is 36.6 Å². The van der Waals surface area contributed by atoms with Gasteiger partial charge in [0.1, 0.15) is 5.82 Å². The molecular weight excluding hydrogens is 428 g/mol. The maximum absolute atomic E-state index is 12.9. The van der Waals surface area contributed by atoms with E-state index in [-0.39, 0.29) is 17.2 Å². The molecule has 0 aliphatic heterocycles. The predicted octanol–water partition coefficient (Wildman–Crippen LogP) is 5.05. The predicted molar refractivity (Wildman–Crippen MR) is 129 cm³/mol. The van der Waals surface area contributed by atoms with Crippen LogP contribution in [0, 0.1) is 0 Å². The molecule has 0 saturated carbocycles. The summed E-state index contributed by atoms with van der Waals surface area (Å²) < 4.78 is 1.84. The molecule has 0 radical (unpaired) electrons. The van der Waals surface area contributed by atoms with Gasteiger partial charge in [-0.25, -0.2) is 14.5 Å². The third-order valence-corrected chi connectivity index (χ3v) is 5.64. The van der Waals surface area contributed by atoms with Crippen molar-refractivity contribution in [1.29, 1.82) is 0 Å². The number of hydrogen-bond acceptors (Lipinski definition) is 5. The highest BCUT2D eigenvalue weighted by atomic mass is 16.4. The van der Waals surface area contributed by atoms with Crippen LogP contribution in [0.15, 0.2) is 73.1 Å². The summed E-state index contributed by atoms with van der Waals surface area (Å²) in [5.74, 6) is -0.260. The zero-order valence-electron chi connectivity index (χ0n) is 19.0. The number of unbranched alkanes of at least 4 members (excludes halogenated alkanes) is 2. The van der Waals surface area contributed by atoms with Crippen LogP contribution in [0.2, 0.25) is 0 Å². The molecule has 34 heavy (non-hydrogen) atoms. The average Bonchev–Trinajstić information content (AvgIpc) is 3.27. The number of hydrogen-bond donors (Lipinski definition) is 1. The molecule has 172 valence electrons. The first-order valence-electron chi connectivity index (χ1n) is 11.4. The molecule has 0 aliphatic carbocycles. The molecular formula is C27H26N4O3. The summed E-state index contributed by atoms with van der Waals surface area (Å²) in [7, 11) is 0. The molecule has 0 atom stereocenters.